The molecule has 0 saturated heterocycles. The van der Waals surface area contributed by atoms with E-state index in [0.717, 1.165) is 12.8 Å². The van der Waals surface area contributed by atoms with Crippen LogP contribution in [-0.2, 0) is 24.7 Å². The van der Waals surface area contributed by atoms with Gasteiger partial charge in [-0.25, -0.2) is 21.6 Å². The fourth-order valence-corrected chi connectivity index (χ4v) is 4.94. The van der Waals surface area contributed by atoms with Gasteiger partial charge in [0, 0.05) is 16.8 Å². The Morgan fingerprint density at radius 2 is 1.67 bits per heavy atom. The molecule has 0 heterocycles. The van der Waals surface area contributed by atoms with E-state index in [1.165, 1.54) is 48.5 Å². The van der Waals surface area contributed by atoms with Gasteiger partial charge < -0.3 is 5.32 Å². The van der Waals surface area contributed by atoms with Gasteiger partial charge in [-0.15, -0.1) is 0 Å². The molecule has 0 bridgehead atoms. The maximum atomic E-state index is 12.3. The molecule has 0 aliphatic heterocycles. The average Bonchev–Trinajstić information content (AvgIpc) is 3.38. The molecule has 0 aromatic heterocycles. The molecule has 10 heteroatoms. The third kappa shape index (κ3) is 5.29. The minimum absolute atomic E-state index is 0.00718. The van der Waals surface area contributed by atoms with E-state index in [2.05, 4.69) is 10.0 Å². The molecule has 1 aliphatic rings. The Hall–Kier alpha value is -1.94. The van der Waals surface area contributed by atoms with Crippen molar-refractivity contribution in [1.29, 1.82) is 0 Å². The van der Waals surface area contributed by atoms with Crippen LogP contribution in [0.3, 0.4) is 0 Å². The molecule has 7 nitrogen and oxygen atoms in total. The van der Waals surface area contributed by atoms with Crippen molar-refractivity contribution in [3.8, 4) is 0 Å². The second-order valence-corrected chi connectivity index (χ2v) is 10.3. The first-order chi connectivity index (χ1) is 12.7. The van der Waals surface area contributed by atoms with E-state index in [1.54, 1.807) is 0 Å². The Kier molecular flexibility index (Phi) is 5.57. The van der Waals surface area contributed by atoms with Crippen molar-refractivity contribution in [2.75, 3.05) is 11.1 Å². The second-order valence-electron chi connectivity index (χ2n) is 6.18. The molecule has 0 spiro atoms. The number of nitrogens with one attached hydrogen (secondary N) is 2. The van der Waals surface area contributed by atoms with Gasteiger partial charge in [-0.2, -0.15) is 0 Å². The fourth-order valence-electron chi connectivity index (χ4n) is 2.32. The van der Waals surface area contributed by atoms with E-state index < -0.39 is 31.5 Å². The SMILES string of the molecule is O=C(CS(=O)(=O)c1ccc(Cl)cc1)Nc1cccc(S(=O)(=O)NC2CC2)c1. The summed E-state index contributed by atoms with van der Waals surface area (Å²) in [6, 6.07) is 11.1. The van der Waals surface area contributed by atoms with Crippen molar-refractivity contribution in [2.24, 2.45) is 0 Å². The first kappa shape index (κ1) is 19.8. The molecular weight excluding hydrogens is 412 g/mol. The topological polar surface area (TPSA) is 109 Å². The Morgan fingerprint density at radius 1 is 1.00 bits per heavy atom. The molecule has 1 saturated carbocycles. The lowest BCUT2D eigenvalue weighted by atomic mass is 10.3. The number of hydrogen-bond acceptors (Lipinski definition) is 5. The maximum absolute atomic E-state index is 12.3. The van der Waals surface area contributed by atoms with E-state index in [0.29, 0.717) is 5.02 Å². The van der Waals surface area contributed by atoms with Crippen LogP contribution in [0.15, 0.2) is 58.3 Å². The number of halogens is 1. The zero-order valence-electron chi connectivity index (χ0n) is 14.1. The maximum Gasteiger partial charge on any atom is 0.240 e. The van der Waals surface area contributed by atoms with Gasteiger partial charge in [0.05, 0.1) is 9.79 Å². The lowest BCUT2D eigenvalue weighted by Crippen LogP contribution is -2.26. The van der Waals surface area contributed by atoms with Crippen molar-refractivity contribution in [1.82, 2.24) is 4.72 Å². The summed E-state index contributed by atoms with van der Waals surface area (Å²) in [6.45, 7) is 0. The zero-order valence-corrected chi connectivity index (χ0v) is 16.4. The molecule has 144 valence electrons. The van der Waals surface area contributed by atoms with Gasteiger partial charge in [0.15, 0.2) is 9.84 Å². The predicted octanol–water partition coefficient (Wildman–Crippen LogP) is 2.19. The van der Waals surface area contributed by atoms with Crippen LogP contribution in [0.1, 0.15) is 12.8 Å². The molecule has 1 fully saturated rings. The Balaban J connectivity index is 1.70. The highest BCUT2D eigenvalue weighted by Gasteiger charge is 2.28. The summed E-state index contributed by atoms with van der Waals surface area (Å²) in [6.07, 6.45) is 1.61. The number of carbonyl (C=O) groups excluding carboxylic acids is 1. The lowest BCUT2D eigenvalue weighted by molar-refractivity contribution is -0.113. The molecule has 2 aromatic rings. The first-order valence-corrected chi connectivity index (χ1v) is 11.6. The Labute approximate surface area is 162 Å². The summed E-state index contributed by atoms with van der Waals surface area (Å²) >= 11 is 5.73. The number of sulfone groups is 1. The lowest BCUT2D eigenvalue weighted by Gasteiger charge is -2.09. The summed E-state index contributed by atoms with van der Waals surface area (Å²) in [5.74, 6) is -1.54. The molecule has 2 N–H and O–H groups in total. The van der Waals surface area contributed by atoms with Crippen LogP contribution in [0.2, 0.25) is 5.02 Å². The highest BCUT2D eigenvalue weighted by molar-refractivity contribution is 7.92. The number of amides is 1. The van der Waals surface area contributed by atoms with Gasteiger partial charge in [-0.1, -0.05) is 17.7 Å². The van der Waals surface area contributed by atoms with Crippen molar-refractivity contribution in [3.63, 3.8) is 0 Å². The number of hydrogen-bond donors (Lipinski definition) is 2. The van der Waals surface area contributed by atoms with Gasteiger partial charge in [0.2, 0.25) is 15.9 Å². The zero-order chi connectivity index (χ0) is 19.7. The molecule has 0 unspecified atom stereocenters. The van der Waals surface area contributed by atoms with Crippen molar-refractivity contribution in [3.05, 3.63) is 53.6 Å². The van der Waals surface area contributed by atoms with E-state index in [-0.39, 0.29) is 21.5 Å². The highest BCUT2D eigenvalue weighted by Crippen LogP contribution is 2.23. The second kappa shape index (κ2) is 7.59. The molecule has 0 atom stereocenters. The normalized spacial score (nSPS) is 14.7. The number of benzene rings is 2. The van der Waals surface area contributed by atoms with Crippen LogP contribution in [0.5, 0.6) is 0 Å². The quantitative estimate of drug-likeness (QED) is 0.702. The van der Waals surface area contributed by atoms with E-state index in [1.807, 2.05) is 0 Å². The molecular formula is C17H17ClN2O5S2. The van der Waals surface area contributed by atoms with Gasteiger partial charge >= 0.3 is 0 Å². The number of anilines is 1. The number of carbonyl (C=O) groups is 1. The Morgan fingerprint density at radius 3 is 2.30 bits per heavy atom. The van der Waals surface area contributed by atoms with Crippen LogP contribution in [0.25, 0.3) is 0 Å². The van der Waals surface area contributed by atoms with Crippen LogP contribution >= 0.6 is 11.6 Å². The van der Waals surface area contributed by atoms with Crippen LogP contribution in [0.4, 0.5) is 5.69 Å². The molecule has 2 aromatic carbocycles. The minimum atomic E-state index is -3.84. The van der Waals surface area contributed by atoms with E-state index >= 15 is 0 Å². The fraction of sp³-hybridized carbons (Fsp3) is 0.235. The summed E-state index contributed by atoms with van der Waals surface area (Å²) in [7, 11) is -7.51. The third-order valence-electron chi connectivity index (χ3n) is 3.82. The smallest absolute Gasteiger partial charge is 0.240 e. The minimum Gasteiger partial charge on any atom is -0.325 e. The molecule has 1 amide bonds. The standard InChI is InChI=1S/C17H17ClN2O5S2/c18-12-4-8-15(9-5-12)26(22,23)11-17(21)19-14-2-1-3-16(10-14)27(24,25)20-13-6-7-13/h1-5,8-10,13,20H,6-7,11H2,(H,19,21). The van der Waals surface area contributed by atoms with Gasteiger partial charge in [0.1, 0.15) is 5.75 Å². The summed E-state index contributed by atoms with van der Waals surface area (Å²) in [5.41, 5.74) is 0.199. The molecule has 3 rings (SSSR count). The highest BCUT2D eigenvalue weighted by atomic mass is 35.5. The van der Waals surface area contributed by atoms with Crippen LogP contribution < -0.4 is 10.0 Å². The summed E-state index contributed by atoms with van der Waals surface area (Å²) < 4.78 is 51.6. The van der Waals surface area contributed by atoms with Crippen LogP contribution in [0, 0.1) is 0 Å². The number of rotatable bonds is 7. The predicted molar refractivity (Wildman–Crippen MR) is 102 cm³/mol. The number of sulfonamides is 1. The van der Waals surface area contributed by atoms with E-state index in [4.69, 9.17) is 11.6 Å². The third-order valence-corrected chi connectivity index (χ3v) is 7.22. The Bertz CT molecular complexity index is 1060. The summed E-state index contributed by atoms with van der Waals surface area (Å²) in [5, 5.41) is 2.81. The van der Waals surface area contributed by atoms with Gasteiger partial charge in [-0.05, 0) is 55.3 Å². The van der Waals surface area contributed by atoms with Crippen molar-refractivity contribution < 1.29 is 21.6 Å². The molecule has 0 radical (unpaired) electrons. The molecule has 27 heavy (non-hydrogen) atoms. The van der Waals surface area contributed by atoms with Crippen LogP contribution in [-0.4, -0.2) is 34.5 Å². The van der Waals surface area contributed by atoms with Crippen molar-refractivity contribution in [2.45, 2.75) is 28.7 Å². The van der Waals surface area contributed by atoms with Gasteiger partial charge in [0.25, 0.3) is 0 Å². The van der Waals surface area contributed by atoms with Crippen molar-refractivity contribution >= 4 is 43.1 Å². The first-order valence-electron chi connectivity index (χ1n) is 8.06. The largest absolute Gasteiger partial charge is 0.325 e. The van der Waals surface area contributed by atoms with E-state index in [9.17, 15) is 21.6 Å². The molecule has 1 aliphatic carbocycles. The average molecular weight is 429 g/mol. The summed E-state index contributed by atoms with van der Waals surface area (Å²) in [4.78, 5) is 12.1. The monoisotopic (exact) mass is 428 g/mol. The van der Waals surface area contributed by atoms with Gasteiger partial charge in [-0.3, -0.25) is 4.79 Å².